The molecule has 1 aromatic heterocycles. The second kappa shape index (κ2) is 6.22. The fourth-order valence-electron chi connectivity index (χ4n) is 3.36. The maximum absolute atomic E-state index is 12.8. The highest BCUT2D eigenvalue weighted by Crippen LogP contribution is 2.43. The molecule has 6 heteroatoms. The zero-order valence-electron chi connectivity index (χ0n) is 14.9. The maximum atomic E-state index is 12.8. The van der Waals surface area contributed by atoms with Crippen LogP contribution in [0.25, 0.3) is 11.0 Å². The lowest BCUT2D eigenvalue weighted by atomic mass is 9.84. The Labute approximate surface area is 155 Å². The second-order valence-electron chi connectivity index (χ2n) is 6.54. The Hall–Kier alpha value is -3.72. The summed E-state index contributed by atoms with van der Waals surface area (Å²) < 4.78 is 11.2. The van der Waals surface area contributed by atoms with Crippen molar-refractivity contribution in [1.82, 2.24) is 0 Å². The molecule has 0 saturated heterocycles. The number of allylic oxidation sites excluding steroid dienone is 1. The van der Waals surface area contributed by atoms with E-state index in [2.05, 4.69) is 6.07 Å². The number of nitriles is 1. The molecular formula is C21H17N3O3. The van der Waals surface area contributed by atoms with Crippen LogP contribution in [0.2, 0.25) is 0 Å². The normalized spacial score (nSPS) is 15.8. The lowest BCUT2D eigenvalue weighted by Crippen LogP contribution is -2.26. The van der Waals surface area contributed by atoms with Crippen LogP contribution in [-0.4, -0.2) is 14.1 Å². The van der Waals surface area contributed by atoms with Crippen molar-refractivity contribution in [3.05, 3.63) is 81.5 Å². The van der Waals surface area contributed by atoms with Gasteiger partial charge in [0.25, 0.3) is 0 Å². The summed E-state index contributed by atoms with van der Waals surface area (Å²) in [5.41, 5.74) is 8.18. The van der Waals surface area contributed by atoms with Gasteiger partial charge < -0.3 is 19.8 Å². The third-order valence-corrected chi connectivity index (χ3v) is 4.72. The van der Waals surface area contributed by atoms with Crippen LogP contribution in [0.4, 0.5) is 5.69 Å². The first-order chi connectivity index (χ1) is 13.0. The number of anilines is 1. The molecule has 2 aromatic carbocycles. The van der Waals surface area contributed by atoms with Crippen LogP contribution in [0.3, 0.4) is 0 Å². The van der Waals surface area contributed by atoms with Gasteiger partial charge in [-0.1, -0.05) is 24.3 Å². The molecule has 0 saturated carbocycles. The molecular weight excluding hydrogens is 342 g/mol. The molecule has 6 nitrogen and oxygen atoms in total. The largest absolute Gasteiger partial charge is 0.439 e. The molecule has 0 aliphatic carbocycles. The van der Waals surface area contributed by atoms with Crippen molar-refractivity contribution >= 4 is 16.7 Å². The SMILES string of the molecule is CN(C)c1ccc([C@H]2C(C#N)=C(N)Oc3c2c(=O)oc2ccccc32)cc1. The molecule has 2 N–H and O–H groups in total. The lowest BCUT2D eigenvalue weighted by molar-refractivity contribution is 0.388. The fourth-order valence-corrected chi connectivity index (χ4v) is 3.36. The highest BCUT2D eigenvalue weighted by atomic mass is 16.5. The Morgan fingerprint density at radius 2 is 1.81 bits per heavy atom. The van der Waals surface area contributed by atoms with Crippen molar-refractivity contribution < 1.29 is 9.15 Å². The number of hydrogen-bond donors (Lipinski definition) is 1. The van der Waals surface area contributed by atoms with Crippen molar-refractivity contribution in [2.24, 2.45) is 5.73 Å². The van der Waals surface area contributed by atoms with Gasteiger partial charge in [-0.05, 0) is 29.8 Å². The van der Waals surface area contributed by atoms with E-state index in [0.29, 0.717) is 16.7 Å². The van der Waals surface area contributed by atoms with Gasteiger partial charge in [0.2, 0.25) is 5.88 Å². The highest BCUT2D eigenvalue weighted by molar-refractivity contribution is 5.86. The van der Waals surface area contributed by atoms with Crippen LogP contribution in [0.1, 0.15) is 17.0 Å². The Kier molecular flexibility index (Phi) is 3.85. The number of fused-ring (bicyclic) bond motifs is 3. The first kappa shape index (κ1) is 16.7. The van der Waals surface area contributed by atoms with Crippen molar-refractivity contribution in [2.45, 2.75) is 5.92 Å². The Morgan fingerprint density at radius 3 is 2.48 bits per heavy atom. The summed E-state index contributed by atoms with van der Waals surface area (Å²) in [4.78, 5) is 14.7. The van der Waals surface area contributed by atoms with Crippen molar-refractivity contribution in [1.29, 1.82) is 5.26 Å². The van der Waals surface area contributed by atoms with E-state index in [1.807, 2.05) is 49.3 Å². The molecule has 134 valence electrons. The first-order valence-electron chi connectivity index (χ1n) is 8.42. The molecule has 0 unspecified atom stereocenters. The van der Waals surface area contributed by atoms with Crippen LogP contribution < -0.4 is 21.0 Å². The predicted octanol–water partition coefficient (Wildman–Crippen LogP) is 3.08. The van der Waals surface area contributed by atoms with Crippen LogP contribution in [0.15, 0.2) is 69.2 Å². The van der Waals surface area contributed by atoms with Gasteiger partial charge in [0.15, 0.2) is 5.75 Å². The molecule has 3 aromatic rings. The summed E-state index contributed by atoms with van der Waals surface area (Å²) in [5.74, 6) is -0.293. The van der Waals surface area contributed by atoms with E-state index in [-0.39, 0.29) is 17.0 Å². The molecule has 0 bridgehead atoms. The molecule has 0 spiro atoms. The smallest absolute Gasteiger partial charge is 0.344 e. The molecule has 1 aliphatic heterocycles. The number of ether oxygens (including phenoxy) is 1. The highest BCUT2D eigenvalue weighted by Gasteiger charge is 2.35. The van der Waals surface area contributed by atoms with Gasteiger partial charge in [-0.2, -0.15) is 5.26 Å². The summed E-state index contributed by atoms with van der Waals surface area (Å²) in [6, 6.07) is 16.8. The van der Waals surface area contributed by atoms with E-state index < -0.39 is 11.5 Å². The summed E-state index contributed by atoms with van der Waals surface area (Å²) >= 11 is 0. The van der Waals surface area contributed by atoms with Gasteiger partial charge >= 0.3 is 5.63 Å². The molecule has 2 heterocycles. The zero-order valence-corrected chi connectivity index (χ0v) is 14.9. The summed E-state index contributed by atoms with van der Waals surface area (Å²) in [6.07, 6.45) is 0. The van der Waals surface area contributed by atoms with Gasteiger partial charge in [-0.3, -0.25) is 0 Å². The van der Waals surface area contributed by atoms with Crippen LogP contribution in [0.5, 0.6) is 5.75 Å². The van der Waals surface area contributed by atoms with Crippen LogP contribution in [-0.2, 0) is 0 Å². The molecule has 27 heavy (non-hydrogen) atoms. The zero-order chi connectivity index (χ0) is 19.1. The lowest BCUT2D eigenvalue weighted by Gasteiger charge is -2.26. The number of hydrogen-bond acceptors (Lipinski definition) is 6. The quantitative estimate of drug-likeness (QED) is 0.707. The Morgan fingerprint density at radius 1 is 1.11 bits per heavy atom. The average Bonchev–Trinajstić information content (AvgIpc) is 2.67. The topological polar surface area (TPSA) is 92.5 Å². The standard InChI is InChI=1S/C21H17N3O3/c1-24(2)13-9-7-12(8-10-13)17-15(11-22)20(23)27-19-14-5-3-4-6-16(14)26-21(25)18(17)19/h3-10,17H,23H2,1-2H3/t17-/m0/s1. The molecule has 1 atom stereocenters. The van der Waals surface area contributed by atoms with E-state index in [1.54, 1.807) is 18.2 Å². The Bertz CT molecular complexity index is 1170. The van der Waals surface area contributed by atoms with E-state index in [1.165, 1.54) is 0 Å². The summed E-state index contributed by atoms with van der Waals surface area (Å²) in [7, 11) is 3.89. The summed E-state index contributed by atoms with van der Waals surface area (Å²) in [6.45, 7) is 0. The second-order valence-corrected chi connectivity index (χ2v) is 6.54. The van der Waals surface area contributed by atoms with Gasteiger partial charge in [-0.15, -0.1) is 0 Å². The van der Waals surface area contributed by atoms with Crippen molar-refractivity contribution in [2.75, 3.05) is 19.0 Å². The number of rotatable bonds is 2. The van der Waals surface area contributed by atoms with Crippen LogP contribution in [0, 0.1) is 11.3 Å². The van der Waals surface area contributed by atoms with Gasteiger partial charge in [-0.25, -0.2) is 4.79 Å². The van der Waals surface area contributed by atoms with E-state index in [4.69, 9.17) is 14.9 Å². The van der Waals surface area contributed by atoms with E-state index in [0.717, 1.165) is 11.3 Å². The molecule has 4 rings (SSSR count). The minimum atomic E-state index is -0.643. The molecule has 0 amide bonds. The minimum Gasteiger partial charge on any atom is -0.439 e. The Balaban J connectivity index is 2.00. The summed E-state index contributed by atoms with van der Waals surface area (Å²) in [5, 5.41) is 10.3. The van der Waals surface area contributed by atoms with Gasteiger partial charge in [0.1, 0.15) is 17.2 Å². The van der Waals surface area contributed by atoms with Gasteiger partial charge in [0, 0.05) is 19.8 Å². The number of nitrogens with two attached hydrogens (primary N) is 1. The van der Waals surface area contributed by atoms with Crippen molar-refractivity contribution in [3.63, 3.8) is 0 Å². The first-order valence-corrected chi connectivity index (χ1v) is 8.42. The third kappa shape index (κ3) is 2.61. The molecule has 1 aliphatic rings. The number of para-hydroxylation sites is 1. The maximum Gasteiger partial charge on any atom is 0.344 e. The minimum absolute atomic E-state index is 0.00226. The molecule has 0 fully saturated rings. The van der Waals surface area contributed by atoms with Gasteiger partial charge in [0.05, 0.1) is 16.9 Å². The monoisotopic (exact) mass is 359 g/mol. The molecule has 0 radical (unpaired) electrons. The fraction of sp³-hybridized carbons (Fsp3) is 0.143. The van der Waals surface area contributed by atoms with Crippen molar-refractivity contribution in [3.8, 4) is 11.8 Å². The predicted molar refractivity (Wildman–Crippen MR) is 103 cm³/mol. The number of nitrogens with zero attached hydrogens (tertiary/aromatic N) is 2. The van der Waals surface area contributed by atoms with Crippen LogP contribution >= 0.6 is 0 Å². The van der Waals surface area contributed by atoms with E-state index >= 15 is 0 Å². The van der Waals surface area contributed by atoms with E-state index in [9.17, 15) is 10.1 Å². The number of benzene rings is 2. The average molecular weight is 359 g/mol. The third-order valence-electron chi connectivity index (χ3n) is 4.72.